The molecule has 0 saturated heterocycles. The van der Waals surface area contributed by atoms with E-state index >= 15 is 0 Å². The Morgan fingerprint density at radius 2 is 1.96 bits per heavy atom. The third-order valence-electron chi connectivity index (χ3n) is 4.07. The molecule has 7 heteroatoms. The van der Waals surface area contributed by atoms with E-state index in [1.165, 1.54) is 16.7 Å². The van der Waals surface area contributed by atoms with Gasteiger partial charge in [0, 0.05) is 24.8 Å². The molecule has 0 aliphatic heterocycles. The van der Waals surface area contributed by atoms with Crippen molar-refractivity contribution in [2.24, 2.45) is 0 Å². The summed E-state index contributed by atoms with van der Waals surface area (Å²) in [5.41, 5.74) is 2.69. The molecule has 2 aromatic rings. The molecule has 1 aromatic heterocycles. The molecule has 1 amide bonds. The number of aromatic nitrogens is 1. The highest BCUT2D eigenvalue weighted by Crippen LogP contribution is 2.20. The second-order valence-electron chi connectivity index (χ2n) is 5.84. The maximum atomic E-state index is 12.4. The summed E-state index contributed by atoms with van der Waals surface area (Å²) in [4.78, 5) is 25.3. The second-order valence-corrected chi connectivity index (χ2v) is 6.83. The predicted octanol–water partition coefficient (Wildman–Crippen LogP) is 2.68. The van der Waals surface area contributed by atoms with Crippen molar-refractivity contribution in [3.8, 4) is 0 Å². The van der Waals surface area contributed by atoms with Crippen molar-refractivity contribution in [2.45, 2.75) is 32.1 Å². The van der Waals surface area contributed by atoms with E-state index < -0.39 is 12.0 Å². The number of carbonyl (C=O) groups excluding carboxylic acids is 1. The molecule has 1 unspecified atom stereocenters. The van der Waals surface area contributed by atoms with Gasteiger partial charge >= 0.3 is 5.97 Å². The van der Waals surface area contributed by atoms with Crippen LogP contribution in [0.3, 0.4) is 0 Å². The summed E-state index contributed by atoms with van der Waals surface area (Å²) in [5, 5.41) is 13.4. The lowest BCUT2D eigenvalue weighted by Gasteiger charge is -2.25. The fraction of sp³-hybridized carbons (Fsp3) is 0.389. The third kappa shape index (κ3) is 5.09. The van der Waals surface area contributed by atoms with Crippen LogP contribution in [0.1, 0.15) is 22.6 Å². The largest absolute Gasteiger partial charge is 0.480 e. The van der Waals surface area contributed by atoms with Crippen molar-refractivity contribution in [1.29, 1.82) is 0 Å². The van der Waals surface area contributed by atoms with Gasteiger partial charge in [-0.2, -0.15) is 0 Å². The number of hydrogen-bond donors (Lipinski definition) is 1. The Kier molecular flexibility index (Phi) is 6.64. The molecule has 0 aliphatic carbocycles. The van der Waals surface area contributed by atoms with E-state index in [0.29, 0.717) is 5.75 Å². The Labute approximate surface area is 151 Å². The van der Waals surface area contributed by atoms with Crippen LogP contribution < -0.4 is 0 Å². The number of carboxylic acid groups (broad SMARTS) is 1. The average molecular weight is 362 g/mol. The number of aliphatic carboxylic acids is 1. The fourth-order valence-corrected chi connectivity index (χ4v) is 3.55. The van der Waals surface area contributed by atoms with Crippen LogP contribution in [0.5, 0.6) is 0 Å². The van der Waals surface area contributed by atoms with E-state index in [4.69, 9.17) is 4.52 Å². The number of rotatable bonds is 8. The highest BCUT2D eigenvalue weighted by molar-refractivity contribution is 7.99. The van der Waals surface area contributed by atoms with Gasteiger partial charge in [-0.3, -0.25) is 4.79 Å². The monoisotopic (exact) mass is 362 g/mol. The molecule has 0 spiro atoms. The summed E-state index contributed by atoms with van der Waals surface area (Å²) >= 11 is 1.43. The lowest BCUT2D eigenvalue weighted by Crippen LogP contribution is -2.44. The molecule has 1 N–H and O–H groups in total. The number of benzene rings is 1. The van der Waals surface area contributed by atoms with Crippen LogP contribution in [0.15, 0.2) is 34.9 Å². The number of carboxylic acids is 1. The van der Waals surface area contributed by atoms with Gasteiger partial charge in [-0.15, -0.1) is 11.8 Å². The van der Waals surface area contributed by atoms with Crippen molar-refractivity contribution in [3.63, 3.8) is 0 Å². The Bertz CT molecular complexity index is 710. The number of carbonyl (C=O) groups is 2. The molecular weight excluding hydrogens is 340 g/mol. The third-order valence-corrected chi connectivity index (χ3v) is 5.01. The highest BCUT2D eigenvalue weighted by atomic mass is 32.2. The molecule has 134 valence electrons. The van der Waals surface area contributed by atoms with E-state index in [9.17, 15) is 14.7 Å². The summed E-state index contributed by atoms with van der Waals surface area (Å²) in [6.45, 7) is 3.70. The van der Waals surface area contributed by atoms with E-state index in [-0.39, 0.29) is 18.1 Å². The molecule has 0 radical (unpaired) electrons. The molecule has 0 aliphatic rings. The van der Waals surface area contributed by atoms with Gasteiger partial charge in [-0.1, -0.05) is 35.5 Å². The van der Waals surface area contributed by atoms with Crippen LogP contribution in [-0.2, 0) is 21.8 Å². The molecule has 25 heavy (non-hydrogen) atoms. The summed E-state index contributed by atoms with van der Waals surface area (Å²) in [6.07, 6.45) is 0.285. The highest BCUT2D eigenvalue weighted by Gasteiger charge is 2.26. The normalized spacial score (nSPS) is 12.0. The zero-order valence-electron chi connectivity index (χ0n) is 14.6. The fourth-order valence-electron chi connectivity index (χ4n) is 2.45. The van der Waals surface area contributed by atoms with Crippen LogP contribution in [0.4, 0.5) is 0 Å². The average Bonchev–Trinajstić information content (AvgIpc) is 2.91. The maximum Gasteiger partial charge on any atom is 0.326 e. The lowest BCUT2D eigenvalue weighted by atomic mass is 10.1. The number of hydrogen-bond acceptors (Lipinski definition) is 5. The van der Waals surface area contributed by atoms with Gasteiger partial charge in [0.15, 0.2) is 0 Å². The molecule has 6 nitrogen and oxygen atoms in total. The van der Waals surface area contributed by atoms with Gasteiger partial charge in [-0.25, -0.2) is 4.79 Å². The number of amides is 1. The van der Waals surface area contributed by atoms with Gasteiger partial charge in [0.05, 0.1) is 11.4 Å². The van der Waals surface area contributed by atoms with Crippen LogP contribution in [-0.4, -0.2) is 45.9 Å². The molecule has 1 atom stereocenters. The topological polar surface area (TPSA) is 83.6 Å². The number of aryl methyl sites for hydroxylation is 2. The summed E-state index contributed by atoms with van der Waals surface area (Å²) in [5.74, 6) is 0.352. The van der Waals surface area contributed by atoms with Crippen LogP contribution in [0.2, 0.25) is 0 Å². The zero-order valence-corrected chi connectivity index (χ0v) is 15.4. The smallest absolute Gasteiger partial charge is 0.326 e. The zero-order chi connectivity index (χ0) is 18.4. The Morgan fingerprint density at radius 3 is 2.52 bits per heavy atom. The van der Waals surface area contributed by atoms with Crippen molar-refractivity contribution in [2.75, 3.05) is 12.8 Å². The van der Waals surface area contributed by atoms with E-state index in [2.05, 4.69) is 5.16 Å². The molecule has 0 fully saturated rings. The predicted molar refractivity (Wildman–Crippen MR) is 96.5 cm³/mol. The Hall–Kier alpha value is -2.28. The first-order valence-corrected chi connectivity index (χ1v) is 9.07. The van der Waals surface area contributed by atoms with Crippen LogP contribution in [0.25, 0.3) is 0 Å². The standard InChI is InChI=1S/C18H22N2O4S/c1-12-15(13(2)24-19-12)10-25-11-17(21)20(3)16(18(22)23)9-14-7-5-4-6-8-14/h4-8,16H,9-11H2,1-3H3,(H,22,23). The lowest BCUT2D eigenvalue weighted by molar-refractivity contribution is -0.148. The van der Waals surface area contributed by atoms with E-state index in [1.54, 1.807) is 7.05 Å². The van der Waals surface area contributed by atoms with Crippen LogP contribution >= 0.6 is 11.8 Å². The molecule has 0 saturated carbocycles. The molecule has 1 aromatic carbocycles. The van der Waals surface area contributed by atoms with E-state index in [0.717, 1.165) is 22.6 Å². The minimum absolute atomic E-state index is 0.207. The second kappa shape index (κ2) is 8.71. The quantitative estimate of drug-likeness (QED) is 0.777. The summed E-state index contributed by atoms with van der Waals surface area (Å²) < 4.78 is 5.10. The van der Waals surface area contributed by atoms with Crippen LogP contribution in [0, 0.1) is 13.8 Å². The number of nitrogens with zero attached hydrogens (tertiary/aromatic N) is 2. The van der Waals surface area contributed by atoms with E-state index in [1.807, 2.05) is 44.2 Å². The first kappa shape index (κ1) is 19.1. The first-order valence-electron chi connectivity index (χ1n) is 7.92. The van der Waals surface area contributed by atoms with Gasteiger partial charge in [-0.05, 0) is 19.4 Å². The van der Waals surface area contributed by atoms with Crippen molar-refractivity contribution in [3.05, 3.63) is 52.9 Å². The molecule has 0 bridgehead atoms. The minimum atomic E-state index is -1.00. The van der Waals surface area contributed by atoms with Crippen molar-refractivity contribution >= 4 is 23.6 Å². The Balaban J connectivity index is 1.93. The molecular formula is C18H22N2O4S. The van der Waals surface area contributed by atoms with Crippen molar-refractivity contribution < 1.29 is 19.2 Å². The Morgan fingerprint density at radius 1 is 1.28 bits per heavy atom. The van der Waals surface area contributed by atoms with Crippen molar-refractivity contribution in [1.82, 2.24) is 10.1 Å². The number of thioether (sulfide) groups is 1. The SMILES string of the molecule is Cc1noc(C)c1CSCC(=O)N(C)C(Cc1ccccc1)C(=O)O. The van der Waals surface area contributed by atoms with Gasteiger partial charge < -0.3 is 14.5 Å². The van der Waals surface area contributed by atoms with Gasteiger partial charge in [0.1, 0.15) is 11.8 Å². The van der Waals surface area contributed by atoms with Gasteiger partial charge in [0.2, 0.25) is 5.91 Å². The maximum absolute atomic E-state index is 12.4. The first-order chi connectivity index (χ1) is 11.9. The summed E-state index contributed by atoms with van der Waals surface area (Å²) in [6, 6.07) is 8.43. The number of likely N-dealkylation sites (N-methyl/N-ethyl adjacent to an activating group) is 1. The summed E-state index contributed by atoms with van der Waals surface area (Å²) in [7, 11) is 1.54. The molecule has 2 rings (SSSR count). The molecule has 1 heterocycles. The van der Waals surface area contributed by atoms with Gasteiger partial charge in [0.25, 0.3) is 0 Å². The minimum Gasteiger partial charge on any atom is -0.480 e.